The molecule has 0 saturated carbocycles. The first-order valence-electron chi connectivity index (χ1n) is 4.46. The first-order chi connectivity index (χ1) is 6.36. The quantitative estimate of drug-likeness (QED) is 0.644. The molecule has 13 heavy (non-hydrogen) atoms. The van der Waals surface area contributed by atoms with Crippen LogP contribution < -0.4 is 0 Å². The minimum Gasteiger partial charge on any atom is -0.377 e. The summed E-state index contributed by atoms with van der Waals surface area (Å²) in [5, 5.41) is 0. The number of hydrogen-bond acceptors (Lipinski definition) is 2. The standard InChI is InChI=1S/C11H14O2/c1-2-13-9-11-5-3-10(4-6-11)7-8-12/h3-6,8H,2,7,9H2,1H3. The van der Waals surface area contributed by atoms with E-state index < -0.39 is 0 Å². The number of hydrogen-bond donors (Lipinski definition) is 0. The fourth-order valence-electron chi connectivity index (χ4n) is 1.09. The van der Waals surface area contributed by atoms with E-state index in [1.54, 1.807) is 0 Å². The van der Waals surface area contributed by atoms with Gasteiger partial charge in [-0.3, -0.25) is 0 Å². The Labute approximate surface area is 78.5 Å². The van der Waals surface area contributed by atoms with Crippen molar-refractivity contribution >= 4 is 6.29 Å². The molecule has 0 aromatic heterocycles. The van der Waals surface area contributed by atoms with E-state index in [9.17, 15) is 4.79 Å². The monoisotopic (exact) mass is 178 g/mol. The van der Waals surface area contributed by atoms with Gasteiger partial charge in [0.2, 0.25) is 0 Å². The largest absolute Gasteiger partial charge is 0.377 e. The maximum absolute atomic E-state index is 10.2. The number of aldehydes is 1. The molecule has 70 valence electrons. The second-order valence-electron chi connectivity index (χ2n) is 2.82. The molecule has 0 aliphatic rings. The van der Waals surface area contributed by atoms with Crippen molar-refractivity contribution in [1.82, 2.24) is 0 Å². The van der Waals surface area contributed by atoms with Crippen molar-refractivity contribution in [3.8, 4) is 0 Å². The lowest BCUT2D eigenvalue weighted by Gasteiger charge is -2.01. The van der Waals surface area contributed by atoms with Crippen LogP contribution in [-0.4, -0.2) is 12.9 Å². The predicted octanol–water partition coefficient (Wildman–Crippen LogP) is 1.96. The molecule has 1 rings (SSSR count). The summed E-state index contributed by atoms with van der Waals surface area (Å²) in [5.74, 6) is 0. The lowest BCUT2D eigenvalue weighted by molar-refractivity contribution is -0.107. The van der Waals surface area contributed by atoms with E-state index in [1.807, 2.05) is 31.2 Å². The maximum Gasteiger partial charge on any atom is 0.124 e. The Balaban J connectivity index is 2.53. The maximum atomic E-state index is 10.2. The number of rotatable bonds is 5. The highest BCUT2D eigenvalue weighted by atomic mass is 16.5. The van der Waals surface area contributed by atoms with Gasteiger partial charge >= 0.3 is 0 Å². The molecule has 0 fully saturated rings. The van der Waals surface area contributed by atoms with Crippen LogP contribution in [0.25, 0.3) is 0 Å². The third kappa shape index (κ3) is 3.38. The van der Waals surface area contributed by atoms with Crippen LogP contribution >= 0.6 is 0 Å². The summed E-state index contributed by atoms with van der Waals surface area (Å²) in [4.78, 5) is 10.2. The van der Waals surface area contributed by atoms with E-state index in [2.05, 4.69) is 0 Å². The summed E-state index contributed by atoms with van der Waals surface area (Å²) >= 11 is 0. The van der Waals surface area contributed by atoms with Gasteiger partial charge in [0.15, 0.2) is 0 Å². The molecule has 1 aromatic carbocycles. The number of ether oxygens (including phenoxy) is 1. The molecule has 0 bridgehead atoms. The summed E-state index contributed by atoms with van der Waals surface area (Å²) < 4.78 is 5.25. The molecule has 0 atom stereocenters. The summed E-state index contributed by atoms with van der Waals surface area (Å²) in [7, 11) is 0. The van der Waals surface area contributed by atoms with Gasteiger partial charge in [-0.1, -0.05) is 24.3 Å². The van der Waals surface area contributed by atoms with Crippen LogP contribution in [0.2, 0.25) is 0 Å². The van der Waals surface area contributed by atoms with Gasteiger partial charge in [0, 0.05) is 13.0 Å². The minimum atomic E-state index is 0.495. The minimum absolute atomic E-state index is 0.495. The Morgan fingerprint density at radius 3 is 2.38 bits per heavy atom. The average Bonchev–Trinajstić information content (AvgIpc) is 2.17. The Bertz CT molecular complexity index is 251. The molecular weight excluding hydrogens is 164 g/mol. The molecule has 0 radical (unpaired) electrons. The van der Waals surface area contributed by atoms with Crippen LogP contribution in [0.1, 0.15) is 18.1 Å². The highest BCUT2D eigenvalue weighted by Crippen LogP contribution is 2.05. The van der Waals surface area contributed by atoms with Gasteiger partial charge in [0.05, 0.1) is 6.61 Å². The van der Waals surface area contributed by atoms with Crippen molar-refractivity contribution in [2.45, 2.75) is 20.0 Å². The molecule has 1 aromatic rings. The van der Waals surface area contributed by atoms with Gasteiger partial charge in [-0.05, 0) is 18.1 Å². The fraction of sp³-hybridized carbons (Fsp3) is 0.364. The van der Waals surface area contributed by atoms with E-state index in [1.165, 1.54) is 0 Å². The summed E-state index contributed by atoms with van der Waals surface area (Å²) in [6.45, 7) is 3.36. The van der Waals surface area contributed by atoms with Crippen molar-refractivity contribution in [1.29, 1.82) is 0 Å². The Morgan fingerprint density at radius 2 is 1.85 bits per heavy atom. The molecule has 0 saturated heterocycles. The molecule has 0 aliphatic carbocycles. The van der Waals surface area contributed by atoms with E-state index in [0.29, 0.717) is 13.0 Å². The third-order valence-electron chi connectivity index (χ3n) is 1.81. The Morgan fingerprint density at radius 1 is 1.23 bits per heavy atom. The fourth-order valence-corrected chi connectivity index (χ4v) is 1.09. The molecule has 2 heteroatoms. The summed E-state index contributed by atoms with van der Waals surface area (Å²) in [6.07, 6.45) is 1.41. The first kappa shape index (κ1) is 9.93. The third-order valence-corrected chi connectivity index (χ3v) is 1.81. The topological polar surface area (TPSA) is 26.3 Å². The normalized spacial score (nSPS) is 9.92. The van der Waals surface area contributed by atoms with Gasteiger partial charge in [-0.25, -0.2) is 0 Å². The lowest BCUT2D eigenvalue weighted by Crippen LogP contribution is -1.92. The zero-order valence-electron chi connectivity index (χ0n) is 7.82. The van der Waals surface area contributed by atoms with Crippen LogP contribution in [0.15, 0.2) is 24.3 Å². The zero-order valence-corrected chi connectivity index (χ0v) is 7.82. The molecule has 0 N–H and O–H groups in total. The van der Waals surface area contributed by atoms with Crippen molar-refractivity contribution < 1.29 is 9.53 Å². The smallest absolute Gasteiger partial charge is 0.124 e. The van der Waals surface area contributed by atoms with Gasteiger partial charge in [0.1, 0.15) is 6.29 Å². The Hall–Kier alpha value is -1.15. The molecule has 2 nitrogen and oxygen atoms in total. The van der Waals surface area contributed by atoms with Crippen molar-refractivity contribution in [3.63, 3.8) is 0 Å². The summed E-state index contributed by atoms with van der Waals surface area (Å²) in [5.41, 5.74) is 2.20. The highest BCUT2D eigenvalue weighted by molar-refractivity contribution is 5.54. The second-order valence-corrected chi connectivity index (χ2v) is 2.82. The van der Waals surface area contributed by atoms with E-state index in [-0.39, 0.29) is 0 Å². The summed E-state index contributed by atoms with van der Waals surface area (Å²) in [6, 6.07) is 7.91. The molecule has 0 heterocycles. The van der Waals surface area contributed by atoms with Crippen LogP contribution in [0, 0.1) is 0 Å². The van der Waals surface area contributed by atoms with Crippen molar-refractivity contribution in [3.05, 3.63) is 35.4 Å². The molecule has 0 amide bonds. The SMILES string of the molecule is CCOCc1ccc(CC=O)cc1. The average molecular weight is 178 g/mol. The van der Waals surface area contributed by atoms with E-state index >= 15 is 0 Å². The number of benzene rings is 1. The second kappa shape index (κ2) is 5.49. The van der Waals surface area contributed by atoms with Crippen LogP contribution in [0.4, 0.5) is 0 Å². The van der Waals surface area contributed by atoms with Gasteiger partial charge < -0.3 is 9.53 Å². The van der Waals surface area contributed by atoms with Crippen LogP contribution in [0.5, 0.6) is 0 Å². The number of carbonyl (C=O) groups is 1. The van der Waals surface area contributed by atoms with Gasteiger partial charge in [-0.2, -0.15) is 0 Å². The van der Waals surface area contributed by atoms with E-state index in [0.717, 1.165) is 24.0 Å². The molecule has 0 unspecified atom stereocenters. The number of carbonyl (C=O) groups excluding carboxylic acids is 1. The van der Waals surface area contributed by atoms with Crippen molar-refractivity contribution in [2.24, 2.45) is 0 Å². The first-order valence-corrected chi connectivity index (χ1v) is 4.46. The van der Waals surface area contributed by atoms with Crippen LogP contribution in [-0.2, 0) is 22.6 Å². The highest BCUT2D eigenvalue weighted by Gasteiger charge is 1.93. The molecule has 0 spiro atoms. The van der Waals surface area contributed by atoms with Gasteiger partial charge in [-0.15, -0.1) is 0 Å². The van der Waals surface area contributed by atoms with Crippen molar-refractivity contribution in [2.75, 3.05) is 6.61 Å². The Kier molecular flexibility index (Phi) is 4.19. The zero-order chi connectivity index (χ0) is 9.52. The lowest BCUT2D eigenvalue weighted by atomic mass is 10.1. The van der Waals surface area contributed by atoms with Crippen LogP contribution in [0.3, 0.4) is 0 Å². The van der Waals surface area contributed by atoms with E-state index in [4.69, 9.17) is 4.74 Å². The molecular formula is C11H14O2. The molecule has 0 aliphatic heterocycles. The predicted molar refractivity (Wildman–Crippen MR) is 51.5 cm³/mol. The van der Waals surface area contributed by atoms with Gasteiger partial charge in [0.25, 0.3) is 0 Å².